The van der Waals surface area contributed by atoms with Crippen molar-refractivity contribution in [1.82, 2.24) is 15.0 Å². The first-order valence-electron chi connectivity index (χ1n) is 2.88. The molecule has 1 rings (SSSR count). The zero-order chi connectivity index (χ0) is 6.69. The number of nitrogens with zero attached hydrogens (tertiary/aromatic N) is 3. The van der Waals surface area contributed by atoms with Crippen LogP contribution in [0.15, 0.2) is 10.8 Å². The Hall–Kier alpha value is -0.380. The Morgan fingerprint density at radius 3 is 3.00 bits per heavy atom. The fourth-order valence-corrected chi connectivity index (χ4v) is 0.948. The number of halogens is 1. The van der Waals surface area contributed by atoms with Crippen LogP contribution in [0, 0.1) is 0 Å². The lowest BCUT2D eigenvalue weighted by molar-refractivity contribution is 0.569. The maximum Gasteiger partial charge on any atom is 0.124 e. The predicted octanol–water partition coefficient (Wildman–Crippen LogP) is 1.45. The Morgan fingerprint density at radius 1 is 1.78 bits per heavy atom. The third kappa shape index (κ3) is 1.51. The van der Waals surface area contributed by atoms with E-state index in [1.807, 2.05) is 4.68 Å². The van der Waals surface area contributed by atoms with Crippen molar-refractivity contribution in [2.45, 2.75) is 19.9 Å². The summed E-state index contributed by atoms with van der Waals surface area (Å²) in [5, 5.41) is 7.53. The molecule has 1 aromatic heterocycles. The fourth-order valence-electron chi connectivity index (χ4n) is 0.608. The molecule has 1 heterocycles. The zero-order valence-corrected chi connectivity index (χ0v) is 6.80. The third-order valence-corrected chi connectivity index (χ3v) is 1.62. The van der Waals surface area contributed by atoms with Crippen LogP contribution in [0.5, 0.6) is 0 Å². The van der Waals surface area contributed by atoms with Gasteiger partial charge in [0.1, 0.15) is 4.60 Å². The van der Waals surface area contributed by atoms with Crippen LogP contribution in [0.4, 0.5) is 0 Å². The van der Waals surface area contributed by atoms with Gasteiger partial charge in [0.2, 0.25) is 0 Å². The average Bonchev–Trinajstić information content (AvgIpc) is 2.18. The third-order valence-electron chi connectivity index (χ3n) is 1.01. The molecule has 9 heavy (non-hydrogen) atoms. The van der Waals surface area contributed by atoms with Gasteiger partial charge in [-0.2, -0.15) is 0 Å². The van der Waals surface area contributed by atoms with Crippen molar-refractivity contribution < 1.29 is 0 Å². The smallest absolute Gasteiger partial charge is 0.124 e. The lowest BCUT2D eigenvalue weighted by atomic mass is 10.5. The van der Waals surface area contributed by atoms with Crippen LogP contribution in [0.2, 0.25) is 0 Å². The second-order valence-corrected chi connectivity index (χ2v) is 2.59. The molecule has 0 unspecified atom stereocenters. The van der Waals surface area contributed by atoms with Crippen molar-refractivity contribution in [2.24, 2.45) is 0 Å². The number of rotatable bonds is 2. The second-order valence-electron chi connectivity index (χ2n) is 1.78. The first-order chi connectivity index (χ1) is 4.34. The van der Waals surface area contributed by atoms with E-state index in [2.05, 4.69) is 33.2 Å². The molecule has 0 saturated heterocycles. The van der Waals surface area contributed by atoms with E-state index in [-0.39, 0.29) is 0 Å². The minimum absolute atomic E-state index is 0.931. The first-order valence-corrected chi connectivity index (χ1v) is 3.68. The lowest BCUT2D eigenvalue weighted by Gasteiger charge is -1.95. The summed E-state index contributed by atoms with van der Waals surface area (Å²) in [5.41, 5.74) is 0. The molecule has 4 heteroatoms. The van der Waals surface area contributed by atoms with Gasteiger partial charge in [0.05, 0.1) is 6.20 Å². The van der Waals surface area contributed by atoms with Gasteiger partial charge in [-0.15, -0.1) is 5.10 Å². The molecule has 0 spiro atoms. The van der Waals surface area contributed by atoms with E-state index in [1.54, 1.807) is 6.20 Å². The SMILES string of the molecule is CCCn1nncc1Br. The Morgan fingerprint density at radius 2 is 2.56 bits per heavy atom. The summed E-state index contributed by atoms with van der Waals surface area (Å²) in [6, 6.07) is 0. The Balaban J connectivity index is 2.69. The van der Waals surface area contributed by atoms with Crippen LogP contribution in [0.25, 0.3) is 0 Å². The summed E-state index contributed by atoms with van der Waals surface area (Å²) in [4.78, 5) is 0. The second kappa shape index (κ2) is 2.96. The molecule has 0 bridgehead atoms. The van der Waals surface area contributed by atoms with Gasteiger partial charge in [0.15, 0.2) is 0 Å². The molecule has 0 aliphatic carbocycles. The fraction of sp³-hybridized carbons (Fsp3) is 0.600. The van der Waals surface area contributed by atoms with Crippen molar-refractivity contribution in [3.63, 3.8) is 0 Å². The van der Waals surface area contributed by atoms with E-state index in [1.165, 1.54) is 0 Å². The number of aromatic nitrogens is 3. The van der Waals surface area contributed by atoms with Gasteiger partial charge < -0.3 is 0 Å². The van der Waals surface area contributed by atoms with Crippen LogP contribution in [-0.4, -0.2) is 15.0 Å². The van der Waals surface area contributed by atoms with E-state index >= 15 is 0 Å². The summed E-state index contributed by atoms with van der Waals surface area (Å²) in [7, 11) is 0. The predicted molar refractivity (Wildman–Crippen MR) is 38.0 cm³/mol. The molecule has 0 aliphatic heterocycles. The molecule has 0 aliphatic rings. The first kappa shape index (κ1) is 6.74. The van der Waals surface area contributed by atoms with Crippen molar-refractivity contribution in [3.8, 4) is 0 Å². The summed E-state index contributed by atoms with van der Waals surface area (Å²) in [6.07, 6.45) is 2.78. The quantitative estimate of drug-likeness (QED) is 0.706. The topological polar surface area (TPSA) is 30.7 Å². The normalized spacial score (nSPS) is 10.0. The molecule has 0 N–H and O–H groups in total. The van der Waals surface area contributed by atoms with Crippen LogP contribution < -0.4 is 0 Å². The highest BCUT2D eigenvalue weighted by molar-refractivity contribution is 9.10. The summed E-state index contributed by atoms with van der Waals surface area (Å²) in [5.74, 6) is 0. The van der Waals surface area contributed by atoms with Crippen molar-refractivity contribution in [2.75, 3.05) is 0 Å². The standard InChI is InChI=1S/C5H8BrN3/c1-2-3-9-5(6)4-7-8-9/h4H,2-3H2,1H3. The van der Waals surface area contributed by atoms with Gasteiger partial charge in [-0.1, -0.05) is 12.1 Å². The van der Waals surface area contributed by atoms with Gasteiger partial charge in [-0.25, -0.2) is 4.68 Å². The number of aryl methyl sites for hydroxylation is 1. The van der Waals surface area contributed by atoms with Gasteiger partial charge >= 0.3 is 0 Å². The van der Waals surface area contributed by atoms with E-state index in [0.717, 1.165) is 17.6 Å². The highest BCUT2D eigenvalue weighted by atomic mass is 79.9. The Kier molecular flexibility index (Phi) is 2.22. The van der Waals surface area contributed by atoms with Crippen LogP contribution in [0.1, 0.15) is 13.3 Å². The van der Waals surface area contributed by atoms with Crippen molar-refractivity contribution in [1.29, 1.82) is 0 Å². The maximum atomic E-state index is 3.83. The Bertz CT molecular complexity index is 184. The molecular weight excluding hydrogens is 182 g/mol. The molecule has 0 amide bonds. The summed E-state index contributed by atoms with van der Waals surface area (Å²) < 4.78 is 2.77. The van der Waals surface area contributed by atoms with Crippen molar-refractivity contribution >= 4 is 15.9 Å². The Labute approximate surface area is 62.2 Å². The molecule has 0 radical (unpaired) electrons. The molecular formula is C5H8BrN3. The molecule has 3 nitrogen and oxygen atoms in total. The average molecular weight is 190 g/mol. The lowest BCUT2D eigenvalue weighted by Crippen LogP contribution is -1.98. The molecule has 0 fully saturated rings. The van der Waals surface area contributed by atoms with Crippen LogP contribution in [-0.2, 0) is 6.54 Å². The van der Waals surface area contributed by atoms with Gasteiger partial charge in [-0.3, -0.25) is 0 Å². The monoisotopic (exact) mass is 189 g/mol. The van der Waals surface area contributed by atoms with E-state index in [0.29, 0.717) is 0 Å². The summed E-state index contributed by atoms with van der Waals surface area (Å²) >= 11 is 3.31. The van der Waals surface area contributed by atoms with Gasteiger partial charge in [0.25, 0.3) is 0 Å². The minimum atomic E-state index is 0.931. The highest BCUT2D eigenvalue weighted by Gasteiger charge is 1.95. The molecule has 50 valence electrons. The van der Waals surface area contributed by atoms with E-state index < -0.39 is 0 Å². The maximum absolute atomic E-state index is 3.83. The zero-order valence-electron chi connectivity index (χ0n) is 5.21. The molecule has 0 aromatic carbocycles. The largest absolute Gasteiger partial charge is 0.238 e. The minimum Gasteiger partial charge on any atom is -0.238 e. The number of hydrogen-bond donors (Lipinski definition) is 0. The van der Waals surface area contributed by atoms with E-state index in [4.69, 9.17) is 0 Å². The van der Waals surface area contributed by atoms with Gasteiger partial charge in [0, 0.05) is 6.54 Å². The molecule has 0 saturated carbocycles. The van der Waals surface area contributed by atoms with Gasteiger partial charge in [-0.05, 0) is 22.4 Å². The highest BCUT2D eigenvalue weighted by Crippen LogP contribution is 2.05. The van der Waals surface area contributed by atoms with E-state index in [9.17, 15) is 0 Å². The van der Waals surface area contributed by atoms with Crippen molar-refractivity contribution in [3.05, 3.63) is 10.8 Å². The number of hydrogen-bond acceptors (Lipinski definition) is 2. The molecule has 1 aromatic rings. The van der Waals surface area contributed by atoms with Crippen LogP contribution in [0.3, 0.4) is 0 Å². The van der Waals surface area contributed by atoms with Crippen LogP contribution >= 0.6 is 15.9 Å². The molecule has 0 atom stereocenters. The summed E-state index contributed by atoms with van der Waals surface area (Å²) in [6.45, 7) is 3.04.